The van der Waals surface area contributed by atoms with Crippen molar-refractivity contribution in [2.24, 2.45) is 0 Å². The van der Waals surface area contributed by atoms with E-state index in [1.807, 2.05) is 11.3 Å². The van der Waals surface area contributed by atoms with E-state index in [1.54, 1.807) is 0 Å². The summed E-state index contributed by atoms with van der Waals surface area (Å²) in [6.45, 7) is 0. The first-order valence-electron chi connectivity index (χ1n) is 5.58. The lowest BCUT2D eigenvalue weighted by Crippen LogP contribution is -2.21. The topological polar surface area (TPSA) is 57.2 Å². The summed E-state index contributed by atoms with van der Waals surface area (Å²) in [6, 6.07) is 17.1. The zero-order chi connectivity index (χ0) is 15.7. The smallest absolute Gasteiger partial charge is 0.485 e. The Morgan fingerprint density at radius 2 is 1.19 bits per heavy atom. The van der Waals surface area contributed by atoms with E-state index in [0.717, 1.165) is 0 Å². The molecule has 3 nitrogen and oxygen atoms in total. The standard InChI is InChI=1S/C12H8S.CHF3O3S/c1-3-7-11-9(5-1)10-6-2-4-8-12(10)13-11;2-1(3,4)8(5,6)7/h1-8H;(H,5,6,7)/p-1. The highest BCUT2D eigenvalue weighted by Crippen LogP contribution is 2.32. The van der Waals surface area contributed by atoms with Gasteiger partial charge in [-0.25, -0.2) is 8.42 Å². The summed E-state index contributed by atoms with van der Waals surface area (Å²) in [7, 11) is -6.09. The molecule has 0 atom stereocenters. The lowest BCUT2D eigenvalue weighted by atomic mass is 10.2. The van der Waals surface area contributed by atoms with Crippen molar-refractivity contribution < 1.29 is 26.1 Å². The molecule has 2 aromatic carbocycles. The monoisotopic (exact) mass is 333 g/mol. The molecule has 0 aliphatic heterocycles. The molecule has 0 aliphatic rings. The summed E-state index contributed by atoms with van der Waals surface area (Å²) >= 11 is 1.86. The molecule has 0 unspecified atom stereocenters. The van der Waals surface area contributed by atoms with Crippen molar-refractivity contribution in [3.63, 3.8) is 0 Å². The minimum absolute atomic E-state index is 1.38. The van der Waals surface area contributed by atoms with Crippen LogP contribution in [0, 0.1) is 0 Å². The van der Waals surface area contributed by atoms with Crippen molar-refractivity contribution in [3.05, 3.63) is 48.5 Å². The van der Waals surface area contributed by atoms with Gasteiger partial charge < -0.3 is 4.55 Å². The van der Waals surface area contributed by atoms with Crippen molar-refractivity contribution in [2.75, 3.05) is 0 Å². The molecular formula is C13H8F3O3S2-. The number of halogens is 3. The number of rotatable bonds is 0. The molecule has 0 amide bonds. The van der Waals surface area contributed by atoms with E-state index in [0.29, 0.717) is 0 Å². The number of benzene rings is 2. The van der Waals surface area contributed by atoms with Crippen molar-refractivity contribution in [2.45, 2.75) is 5.51 Å². The van der Waals surface area contributed by atoms with Gasteiger partial charge in [-0.2, -0.15) is 13.2 Å². The van der Waals surface area contributed by atoms with Crippen molar-refractivity contribution >= 4 is 41.6 Å². The molecule has 1 heterocycles. The average molecular weight is 333 g/mol. The Balaban J connectivity index is 0.000000177. The van der Waals surface area contributed by atoms with Crippen molar-refractivity contribution in [3.8, 4) is 0 Å². The first kappa shape index (κ1) is 15.7. The van der Waals surface area contributed by atoms with Crippen LogP contribution in [0.1, 0.15) is 0 Å². The molecule has 112 valence electrons. The van der Waals surface area contributed by atoms with Crippen molar-refractivity contribution in [1.29, 1.82) is 0 Å². The summed E-state index contributed by atoms with van der Waals surface area (Å²) in [6.07, 6.45) is 0. The molecule has 0 aliphatic carbocycles. The zero-order valence-electron chi connectivity index (χ0n) is 10.3. The summed E-state index contributed by atoms with van der Waals surface area (Å²) < 4.78 is 61.7. The third-order valence-corrected chi connectivity index (χ3v) is 4.29. The second-order valence-corrected chi connectivity index (χ2v) is 6.45. The molecular weight excluding hydrogens is 325 g/mol. The van der Waals surface area contributed by atoms with Gasteiger partial charge in [-0.15, -0.1) is 11.3 Å². The van der Waals surface area contributed by atoms with Gasteiger partial charge in [-0.3, -0.25) is 0 Å². The molecule has 0 bridgehead atoms. The Bertz CT molecular complexity index is 817. The van der Waals surface area contributed by atoms with E-state index >= 15 is 0 Å². The number of thiophene rings is 1. The van der Waals surface area contributed by atoms with Crippen LogP contribution in [0.25, 0.3) is 20.2 Å². The zero-order valence-corrected chi connectivity index (χ0v) is 11.9. The molecule has 0 saturated carbocycles. The molecule has 8 heteroatoms. The van der Waals surface area contributed by atoms with Gasteiger partial charge >= 0.3 is 5.51 Å². The van der Waals surface area contributed by atoms with Crippen LogP contribution >= 0.6 is 11.3 Å². The SMILES string of the molecule is O=S(=O)([O-])C(F)(F)F.c1ccc2c(c1)sc1ccccc12. The second kappa shape index (κ2) is 5.63. The third kappa shape index (κ3) is 3.52. The number of fused-ring (bicyclic) bond motifs is 3. The number of alkyl halides is 3. The van der Waals surface area contributed by atoms with Gasteiger partial charge in [0, 0.05) is 20.2 Å². The lowest BCUT2D eigenvalue weighted by molar-refractivity contribution is -0.0517. The van der Waals surface area contributed by atoms with Gasteiger partial charge in [0.05, 0.1) is 0 Å². The minimum Gasteiger partial charge on any atom is -0.741 e. The van der Waals surface area contributed by atoms with E-state index in [-0.39, 0.29) is 0 Å². The Morgan fingerprint density at radius 1 is 0.857 bits per heavy atom. The minimum atomic E-state index is -6.09. The summed E-state index contributed by atoms with van der Waals surface area (Å²) in [5, 5.41) is 2.76. The van der Waals surface area contributed by atoms with E-state index in [2.05, 4.69) is 48.5 Å². The third-order valence-electron chi connectivity index (χ3n) is 2.57. The molecule has 3 rings (SSSR count). The van der Waals surface area contributed by atoms with Crippen LogP contribution in [0.4, 0.5) is 13.2 Å². The Morgan fingerprint density at radius 3 is 1.52 bits per heavy atom. The maximum absolute atomic E-state index is 10.7. The normalized spacial score (nSPS) is 12.2. The van der Waals surface area contributed by atoms with Crippen LogP contribution < -0.4 is 0 Å². The van der Waals surface area contributed by atoms with Gasteiger partial charge in [0.2, 0.25) is 0 Å². The van der Waals surface area contributed by atoms with Crippen LogP contribution in [-0.4, -0.2) is 18.5 Å². The fourth-order valence-electron chi connectivity index (χ4n) is 1.67. The van der Waals surface area contributed by atoms with Crippen LogP contribution in [0.3, 0.4) is 0 Å². The van der Waals surface area contributed by atoms with Gasteiger partial charge in [-0.1, -0.05) is 36.4 Å². The maximum Gasteiger partial charge on any atom is 0.485 e. The molecule has 0 radical (unpaired) electrons. The van der Waals surface area contributed by atoms with Gasteiger partial charge in [0.1, 0.15) is 0 Å². The fraction of sp³-hybridized carbons (Fsp3) is 0.0769. The van der Waals surface area contributed by atoms with Crippen molar-refractivity contribution in [1.82, 2.24) is 0 Å². The van der Waals surface area contributed by atoms with Gasteiger partial charge in [0.15, 0.2) is 10.1 Å². The predicted molar refractivity (Wildman–Crippen MR) is 75.1 cm³/mol. The van der Waals surface area contributed by atoms with E-state index in [4.69, 9.17) is 13.0 Å². The molecule has 0 fully saturated rings. The summed E-state index contributed by atoms with van der Waals surface area (Å²) in [4.78, 5) is 0. The van der Waals surface area contributed by atoms with Gasteiger partial charge in [-0.05, 0) is 12.1 Å². The first-order chi connectivity index (χ1) is 9.70. The lowest BCUT2D eigenvalue weighted by Gasteiger charge is -2.08. The fourth-order valence-corrected chi connectivity index (χ4v) is 2.78. The van der Waals surface area contributed by atoms with Gasteiger partial charge in [0.25, 0.3) is 0 Å². The predicted octanol–water partition coefficient (Wildman–Crippen LogP) is 4.11. The molecule has 21 heavy (non-hydrogen) atoms. The molecule has 3 aromatic rings. The highest BCUT2D eigenvalue weighted by Gasteiger charge is 2.36. The molecule has 1 aromatic heterocycles. The first-order valence-corrected chi connectivity index (χ1v) is 7.81. The molecule has 0 saturated heterocycles. The highest BCUT2D eigenvalue weighted by atomic mass is 32.2. The van der Waals surface area contributed by atoms with E-state index in [9.17, 15) is 13.2 Å². The average Bonchev–Trinajstić information content (AvgIpc) is 2.75. The Hall–Kier alpha value is -1.64. The van der Waals surface area contributed by atoms with Crippen LogP contribution in [-0.2, 0) is 10.1 Å². The quantitative estimate of drug-likeness (QED) is 0.459. The van der Waals surface area contributed by atoms with Crippen LogP contribution in [0.2, 0.25) is 0 Å². The largest absolute Gasteiger partial charge is 0.741 e. The van der Waals surface area contributed by atoms with Crippen LogP contribution in [0.5, 0.6) is 0 Å². The summed E-state index contributed by atoms with van der Waals surface area (Å²) in [5.41, 5.74) is -5.65. The molecule has 0 spiro atoms. The maximum atomic E-state index is 10.7. The van der Waals surface area contributed by atoms with Crippen LogP contribution in [0.15, 0.2) is 48.5 Å². The highest BCUT2D eigenvalue weighted by molar-refractivity contribution is 7.86. The number of hydrogen-bond acceptors (Lipinski definition) is 4. The Kier molecular flexibility index (Phi) is 4.22. The molecule has 0 N–H and O–H groups in total. The van der Waals surface area contributed by atoms with E-state index < -0.39 is 15.6 Å². The Labute approximate surface area is 122 Å². The second-order valence-electron chi connectivity index (χ2n) is 3.99. The summed E-state index contributed by atoms with van der Waals surface area (Å²) in [5.74, 6) is 0. The van der Waals surface area contributed by atoms with E-state index in [1.165, 1.54) is 20.2 Å². The number of hydrogen-bond donors (Lipinski definition) is 0.